The molecular formula is C16H20N6O2. The van der Waals surface area contributed by atoms with Crippen molar-refractivity contribution in [3.63, 3.8) is 0 Å². The topological polar surface area (TPSA) is 79.6 Å². The number of allylic oxidation sites excluding steroid dienone is 2. The second-order valence-electron chi connectivity index (χ2n) is 5.81. The average molecular weight is 328 g/mol. The molecule has 0 saturated heterocycles. The molecule has 0 amide bonds. The Hall–Kier alpha value is -2.90. The highest BCUT2D eigenvalue weighted by atomic mass is 16.2. The third-order valence-electron chi connectivity index (χ3n) is 4.05. The van der Waals surface area contributed by atoms with Gasteiger partial charge in [0.25, 0.3) is 5.56 Å². The van der Waals surface area contributed by atoms with Crippen LogP contribution in [-0.4, -0.2) is 28.5 Å². The normalized spacial score (nSPS) is 11.9. The minimum Gasteiger partial charge on any atom is -0.299 e. The highest BCUT2D eigenvalue weighted by Crippen LogP contribution is 2.17. The largest absolute Gasteiger partial charge is 0.332 e. The lowest BCUT2D eigenvalue weighted by Crippen LogP contribution is -2.37. The Morgan fingerprint density at radius 2 is 1.88 bits per heavy atom. The van der Waals surface area contributed by atoms with Crippen LogP contribution in [0.4, 0.5) is 0 Å². The lowest BCUT2D eigenvalue weighted by Gasteiger charge is -2.08. The first-order valence-electron chi connectivity index (χ1n) is 7.67. The van der Waals surface area contributed by atoms with Crippen molar-refractivity contribution in [1.29, 1.82) is 0 Å². The Morgan fingerprint density at radius 3 is 2.46 bits per heavy atom. The van der Waals surface area contributed by atoms with Gasteiger partial charge in [0, 0.05) is 26.3 Å². The summed E-state index contributed by atoms with van der Waals surface area (Å²) in [7, 11) is 3.09. The lowest BCUT2D eigenvalue weighted by atomic mass is 10.4. The van der Waals surface area contributed by atoms with Crippen molar-refractivity contribution in [1.82, 2.24) is 28.5 Å². The van der Waals surface area contributed by atoms with E-state index in [1.807, 2.05) is 39.0 Å². The Balaban J connectivity index is 2.48. The summed E-state index contributed by atoms with van der Waals surface area (Å²) in [5.74, 6) is 0.520. The quantitative estimate of drug-likeness (QED) is 0.667. The number of hydrogen-bond donors (Lipinski definition) is 0. The molecule has 3 heterocycles. The number of hydrogen-bond acceptors (Lipinski definition) is 4. The van der Waals surface area contributed by atoms with Gasteiger partial charge in [0.15, 0.2) is 11.2 Å². The summed E-state index contributed by atoms with van der Waals surface area (Å²) in [4.78, 5) is 29.4. The SMILES string of the molecule is C/C=C/Cn1c(-n2nc(C)cc2C)nc2c1c(=O)n(C)c(=O)n2C. The zero-order valence-electron chi connectivity index (χ0n) is 14.4. The van der Waals surface area contributed by atoms with E-state index in [0.29, 0.717) is 23.7 Å². The number of nitrogens with zero attached hydrogens (tertiary/aromatic N) is 6. The summed E-state index contributed by atoms with van der Waals surface area (Å²) in [6.07, 6.45) is 3.84. The predicted octanol–water partition coefficient (Wildman–Crippen LogP) is 0.812. The van der Waals surface area contributed by atoms with Crippen LogP contribution in [0.2, 0.25) is 0 Å². The summed E-state index contributed by atoms with van der Waals surface area (Å²) in [6.45, 7) is 6.21. The molecule has 126 valence electrons. The minimum atomic E-state index is -0.400. The molecule has 0 radical (unpaired) electrons. The van der Waals surface area contributed by atoms with Crippen LogP contribution in [0.25, 0.3) is 17.1 Å². The van der Waals surface area contributed by atoms with Crippen molar-refractivity contribution in [2.24, 2.45) is 14.1 Å². The molecule has 0 aliphatic rings. The zero-order valence-corrected chi connectivity index (χ0v) is 14.4. The molecule has 0 spiro atoms. The molecule has 8 nitrogen and oxygen atoms in total. The third-order valence-corrected chi connectivity index (χ3v) is 4.05. The van der Waals surface area contributed by atoms with Gasteiger partial charge < -0.3 is 0 Å². The Labute approximate surface area is 138 Å². The van der Waals surface area contributed by atoms with E-state index in [-0.39, 0.29) is 5.56 Å². The van der Waals surface area contributed by atoms with Gasteiger partial charge in [-0.05, 0) is 26.8 Å². The molecule has 3 rings (SSSR count). The number of imidazole rings is 1. The molecular weight excluding hydrogens is 308 g/mol. The van der Waals surface area contributed by atoms with E-state index < -0.39 is 5.69 Å². The fraction of sp³-hybridized carbons (Fsp3) is 0.375. The molecule has 0 bridgehead atoms. The van der Waals surface area contributed by atoms with Gasteiger partial charge in [-0.1, -0.05) is 12.2 Å². The van der Waals surface area contributed by atoms with Crippen molar-refractivity contribution in [3.8, 4) is 5.95 Å². The highest BCUT2D eigenvalue weighted by molar-refractivity contribution is 5.72. The first-order chi connectivity index (χ1) is 11.4. The summed E-state index contributed by atoms with van der Waals surface area (Å²) in [6, 6.07) is 1.94. The third kappa shape index (κ3) is 2.22. The van der Waals surface area contributed by atoms with Crippen molar-refractivity contribution in [3.05, 3.63) is 50.4 Å². The summed E-state index contributed by atoms with van der Waals surface area (Å²) >= 11 is 0. The number of aryl methyl sites for hydroxylation is 3. The number of aromatic nitrogens is 6. The van der Waals surface area contributed by atoms with E-state index in [2.05, 4.69) is 10.1 Å². The standard InChI is InChI=1S/C16H20N6O2/c1-6-7-8-21-12-13(19(4)16(24)20(5)14(12)23)17-15(21)22-11(3)9-10(2)18-22/h6-7,9H,8H2,1-5H3/b7-6+. The summed E-state index contributed by atoms with van der Waals surface area (Å²) in [5.41, 5.74) is 1.75. The first-order valence-corrected chi connectivity index (χ1v) is 7.67. The Kier molecular flexibility index (Phi) is 3.75. The van der Waals surface area contributed by atoms with Gasteiger partial charge in [0.1, 0.15) is 0 Å². The van der Waals surface area contributed by atoms with Crippen molar-refractivity contribution in [2.75, 3.05) is 0 Å². The van der Waals surface area contributed by atoms with Crippen molar-refractivity contribution in [2.45, 2.75) is 27.3 Å². The Bertz CT molecular complexity index is 1080. The van der Waals surface area contributed by atoms with Crippen LogP contribution in [-0.2, 0) is 20.6 Å². The van der Waals surface area contributed by atoms with Gasteiger partial charge in [-0.15, -0.1) is 0 Å². The van der Waals surface area contributed by atoms with Crippen LogP contribution in [0, 0.1) is 13.8 Å². The molecule has 3 aromatic rings. The van der Waals surface area contributed by atoms with Crippen LogP contribution < -0.4 is 11.2 Å². The van der Waals surface area contributed by atoms with Crippen LogP contribution in [0.15, 0.2) is 27.8 Å². The van der Waals surface area contributed by atoms with Crippen molar-refractivity contribution >= 4 is 11.2 Å². The summed E-state index contributed by atoms with van der Waals surface area (Å²) in [5, 5.41) is 4.46. The predicted molar refractivity (Wildman–Crippen MR) is 91.6 cm³/mol. The van der Waals surface area contributed by atoms with Crippen LogP contribution >= 0.6 is 0 Å². The van der Waals surface area contributed by atoms with Crippen LogP contribution in [0.5, 0.6) is 0 Å². The smallest absolute Gasteiger partial charge is 0.299 e. The second kappa shape index (κ2) is 5.63. The van der Waals surface area contributed by atoms with E-state index >= 15 is 0 Å². The van der Waals surface area contributed by atoms with E-state index in [1.165, 1.54) is 11.6 Å². The van der Waals surface area contributed by atoms with Gasteiger partial charge in [-0.25, -0.2) is 9.48 Å². The van der Waals surface area contributed by atoms with Crippen LogP contribution in [0.3, 0.4) is 0 Å². The van der Waals surface area contributed by atoms with Gasteiger partial charge in [0.2, 0.25) is 5.95 Å². The van der Waals surface area contributed by atoms with E-state index in [4.69, 9.17) is 0 Å². The average Bonchev–Trinajstić information content (AvgIpc) is 3.08. The van der Waals surface area contributed by atoms with Crippen molar-refractivity contribution < 1.29 is 0 Å². The van der Waals surface area contributed by atoms with Gasteiger partial charge in [-0.3, -0.25) is 18.5 Å². The maximum absolute atomic E-state index is 12.7. The molecule has 0 aliphatic heterocycles. The molecule has 0 aromatic carbocycles. The number of fused-ring (bicyclic) bond motifs is 1. The van der Waals surface area contributed by atoms with E-state index in [0.717, 1.165) is 16.0 Å². The van der Waals surface area contributed by atoms with Gasteiger partial charge in [-0.2, -0.15) is 10.1 Å². The molecule has 3 aromatic heterocycles. The molecule has 8 heteroatoms. The molecule has 0 aliphatic carbocycles. The highest BCUT2D eigenvalue weighted by Gasteiger charge is 2.20. The maximum Gasteiger partial charge on any atom is 0.332 e. The maximum atomic E-state index is 12.7. The fourth-order valence-electron chi connectivity index (χ4n) is 2.81. The van der Waals surface area contributed by atoms with Crippen LogP contribution in [0.1, 0.15) is 18.3 Å². The fourth-order valence-corrected chi connectivity index (χ4v) is 2.81. The molecule has 0 saturated carbocycles. The first kappa shape index (κ1) is 16.0. The monoisotopic (exact) mass is 328 g/mol. The molecule has 0 fully saturated rings. The summed E-state index contributed by atoms with van der Waals surface area (Å²) < 4.78 is 5.97. The van der Waals surface area contributed by atoms with E-state index in [1.54, 1.807) is 16.3 Å². The van der Waals surface area contributed by atoms with E-state index in [9.17, 15) is 9.59 Å². The second-order valence-corrected chi connectivity index (χ2v) is 5.81. The minimum absolute atomic E-state index is 0.357. The molecule has 0 N–H and O–H groups in total. The molecule has 24 heavy (non-hydrogen) atoms. The molecule has 0 atom stereocenters. The Morgan fingerprint density at radius 1 is 1.17 bits per heavy atom. The number of rotatable bonds is 3. The molecule has 0 unspecified atom stereocenters. The van der Waals surface area contributed by atoms with Gasteiger partial charge >= 0.3 is 5.69 Å². The zero-order chi connectivity index (χ0) is 17.6. The van der Waals surface area contributed by atoms with Gasteiger partial charge in [0.05, 0.1) is 5.69 Å². The lowest BCUT2D eigenvalue weighted by molar-refractivity contribution is 0.696.